The van der Waals surface area contributed by atoms with Crippen molar-refractivity contribution < 1.29 is 4.79 Å². The Balaban J connectivity index is 2.29. The lowest BCUT2D eigenvalue weighted by molar-refractivity contribution is -0.114. The molecule has 108 valence electrons. The van der Waals surface area contributed by atoms with Gasteiger partial charge in [-0.25, -0.2) is 0 Å². The number of benzene rings is 1. The fourth-order valence-corrected chi connectivity index (χ4v) is 2.98. The van der Waals surface area contributed by atoms with E-state index in [1.807, 2.05) is 6.92 Å². The monoisotopic (exact) mass is 272 g/mol. The first-order valence-electron chi connectivity index (χ1n) is 7.54. The third kappa shape index (κ3) is 3.03. The summed E-state index contributed by atoms with van der Waals surface area (Å²) in [6.45, 7) is 6.35. The zero-order valence-electron chi connectivity index (χ0n) is 12.5. The van der Waals surface area contributed by atoms with Crippen molar-refractivity contribution in [1.29, 1.82) is 0 Å². The van der Waals surface area contributed by atoms with Gasteiger partial charge in [0.15, 0.2) is 0 Å². The van der Waals surface area contributed by atoms with Crippen LogP contribution in [0.4, 0.5) is 5.69 Å². The molecule has 0 unspecified atom stereocenters. The first-order chi connectivity index (χ1) is 9.67. The average Bonchev–Trinajstić information content (AvgIpc) is 2.98. The molecule has 0 spiro atoms. The van der Waals surface area contributed by atoms with Gasteiger partial charge in [-0.2, -0.15) is 0 Å². The third-order valence-electron chi connectivity index (χ3n) is 4.06. The molecule has 0 aromatic heterocycles. The van der Waals surface area contributed by atoms with E-state index in [0.717, 1.165) is 36.2 Å². The first-order valence-corrected chi connectivity index (χ1v) is 7.54. The Bertz CT molecular complexity index is 496. The van der Waals surface area contributed by atoms with E-state index < -0.39 is 0 Å². The van der Waals surface area contributed by atoms with Crippen LogP contribution in [0.5, 0.6) is 0 Å². The first kappa shape index (κ1) is 14.6. The van der Waals surface area contributed by atoms with Crippen LogP contribution in [0.15, 0.2) is 29.8 Å². The van der Waals surface area contributed by atoms with Crippen LogP contribution in [0.25, 0.3) is 5.57 Å². The number of rotatable bonds is 5. The van der Waals surface area contributed by atoms with E-state index in [0.29, 0.717) is 6.42 Å². The highest BCUT2D eigenvalue weighted by Gasteiger charge is 2.14. The number of primary amides is 1. The maximum absolute atomic E-state index is 11.5. The summed E-state index contributed by atoms with van der Waals surface area (Å²) in [6.07, 6.45) is 4.08. The van der Waals surface area contributed by atoms with E-state index >= 15 is 0 Å². The zero-order valence-corrected chi connectivity index (χ0v) is 12.5. The lowest BCUT2D eigenvalue weighted by atomic mass is 9.95. The van der Waals surface area contributed by atoms with Gasteiger partial charge in [-0.1, -0.05) is 26.0 Å². The molecule has 1 aliphatic heterocycles. The summed E-state index contributed by atoms with van der Waals surface area (Å²) >= 11 is 0. The highest BCUT2D eigenvalue weighted by atomic mass is 16.1. The molecule has 20 heavy (non-hydrogen) atoms. The summed E-state index contributed by atoms with van der Waals surface area (Å²) in [5, 5.41) is 0. The van der Waals surface area contributed by atoms with Crippen LogP contribution in [0.3, 0.4) is 0 Å². The predicted octanol–water partition coefficient (Wildman–Crippen LogP) is 3.35. The van der Waals surface area contributed by atoms with Crippen molar-refractivity contribution in [2.75, 3.05) is 18.0 Å². The van der Waals surface area contributed by atoms with Crippen LogP contribution in [0.2, 0.25) is 0 Å². The Morgan fingerprint density at radius 1 is 1.10 bits per heavy atom. The predicted molar refractivity (Wildman–Crippen MR) is 84.6 cm³/mol. The summed E-state index contributed by atoms with van der Waals surface area (Å²) < 4.78 is 0. The van der Waals surface area contributed by atoms with E-state index in [1.54, 1.807) is 0 Å². The highest BCUT2D eigenvalue weighted by molar-refractivity contribution is 6.00. The molecule has 1 aliphatic rings. The van der Waals surface area contributed by atoms with Gasteiger partial charge in [0.1, 0.15) is 0 Å². The van der Waals surface area contributed by atoms with E-state index in [1.165, 1.54) is 18.5 Å². The van der Waals surface area contributed by atoms with Crippen LogP contribution in [0.1, 0.15) is 45.1 Å². The molecule has 2 rings (SSSR count). The smallest absolute Gasteiger partial charge is 0.244 e. The Morgan fingerprint density at radius 3 is 2.15 bits per heavy atom. The van der Waals surface area contributed by atoms with Crippen molar-refractivity contribution >= 4 is 17.2 Å². The molecule has 0 bridgehead atoms. The SMILES string of the molecule is CCC(C(N)=O)=C(CC)c1ccc(N2CCCC2)cc1. The number of nitrogens with zero attached hydrogens (tertiary/aromatic N) is 1. The van der Waals surface area contributed by atoms with Gasteiger partial charge in [-0.15, -0.1) is 0 Å². The number of nitrogens with two attached hydrogens (primary N) is 1. The zero-order chi connectivity index (χ0) is 14.5. The molecular formula is C17H24N2O. The van der Waals surface area contributed by atoms with Gasteiger partial charge in [0, 0.05) is 24.4 Å². The highest BCUT2D eigenvalue weighted by Crippen LogP contribution is 2.27. The Hall–Kier alpha value is -1.77. The minimum absolute atomic E-state index is 0.298. The number of carbonyl (C=O) groups excluding carboxylic acids is 1. The summed E-state index contributed by atoms with van der Waals surface area (Å²) in [5.74, 6) is -0.298. The lowest BCUT2D eigenvalue weighted by Gasteiger charge is -2.18. The molecule has 0 atom stereocenters. The van der Waals surface area contributed by atoms with Crippen LogP contribution in [0, 0.1) is 0 Å². The van der Waals surface area contributed by atoms with Crippen molar-refractivity contribution in [1.82, 2.24) is 0 Å². The van der Waals surface area contributed by atoms with Crippen molar-refractivity contribution in [2.45, 2.75) is 39.5 Å². The molecule has 0 saturated carbocycles. The minimum atomic E-state index is -0.298. The van der Waals surface area contributed by atoms with E-state index in [2.05, 4.69) is 36.1 Å². The van der Waals surface area contributed by atoms with Gasteiger partial charge < -0.3 is 10.6 Å². The molecule has 0 aliphatic carbocycles. The van der Waals surface area contributed by atoms with Gasteiger partial charge >= 0.3 is 0 Å². The molecule has 3 nitrogen and oxygen atoms in total. The number of hydrogen-bond acceptors (Lipinski definition) is 2. The summed E-state index contributed by atoms with van der Waals surface area (Å²) in [6, 6.07) is 8.55. The number of carbonyl (C=O) groups is 1. The fourth-order valence-electron chi connectivity index (χ4n) is 2.98. The summed E-state index contributed by atoms with van der Waals surface area (Å²) in [4.78, 5) is 13.9. The van der Waals surface area contributed by atoms with Gasteiger partial charge in [0.25, 0.3) is 0 Å². The summed E-state index contributed by atoms with van der Waals surface area (Å²) in [7, 11) is 0. The third-order valence-corrected chi connectivity index (χ3v) is 4.06. The molecule has 2 N–H and O–H groups in total. The van der Waals surface area contributed by atoms with Gasteiger partial charge in [0.05, 0.1) is 0 Å². The minimum Gasteiger partial charge on any atom is -0.372 e. The van der Waals surface area contributed by atoms with Gasteiger partial charge in [-0.05, 0) is 49.0 Å². The van der Waals surface area contributed by atoms with Crippen LogP contribution in [-0.4, -0.2) is 19.0 Å². The van der Waals surface area contributed by atoms with Crippen LogP contribution >= 0.6 is 0 Å². The maximum atomic E-state index is 11.5. The Morgan fingerprint density at radius 2 is 1.70 bits per heavy atom. The number of amides is 1. The van der Waals surface area contributed by atoms with Crippen molar-refractivity contribution in [3.63, 3.8) is 0 Å². The standard InChI is InChI=1S/C17H24N2O/c1-3-15(16(4-2)17(18)20)13-7-9-14(10-8-13)19-11-5-6-12-19/h7-10H,3-6,11-12H2,1-2H3,(H2,18,20). The second kappa shape index (κ2) is 6.60. The molecule has 1 saturated heterocycles. The average molecular weight is 272 g/mol. The maximum Gasteiger partial charge on any atom is 0.244 e. The van der Waals surface area contributed by atoms with Crippen LogP contribution in [-0.2, 0) is 4.79 Å². The fraction of sp³-hybridized carbons (Fsp3) is 0.471. The second-order valence-electron chi connectivity index (χ2n) is 5.27. The molecule has 1 aromatic carbocycles. The number of hydrogen-bond donors (Lipinski definition) is 1. The number of anilines is 1. The Labute approximate surface area is 121 Å². The largest absolute Gasteiger partial charge is 0.372 e. The van der Waals surface area contributed by atoms with E-state index in [-0.39, 0.29) is 5.91 Å². The Kier molecular flexibility index (Phi) is 4.83. The molecule has 0 radical (unpaired) electrons. The van der Waals surface area contributed by atoms with Crippen molar-refractivity contribution in [2.24, 2.45) is 5.73 Å². The quantitative estimate of drug-likeness (QED) is 0.836. The van der Waals surface area contributed by atoms with Crippen molar-refractivity contribution in [3.05, 3.63) is 35.4 Å². The van der Waals surface area contributed by atoms with E-state index in [9.17, 15) is 4.79 Å². The molecule has 1 heterocycles. The molecule has 3 heteroatoms. The molecule has 1 amide bonds. The van der Waals surface area contributed by atoms with Crippen molar-refractivity contribution in [3.8, 4) is 0 Å². The van der Waals surface area contributed by atoms with Crippen LogP contribution < -0.4 is 10.6 Å². The lowest BCUT2D eigenvalue weighted by Crippen LogP contribution is -2.17. The second-order valence-corrected chi connectivity index (χ2v) is 5.27. The number of allylic oxidation sites excluding steroid dienone is 1. The molecule has 1 aromatic rings. The van der Waals surface area contributed by atoms with E-state index in [4.69, 9.17) is 5.73 Å². The van der Waals surface area contributed by atoms with Gasteiger partial charge in [-0.3, -0.25) is 4.79 Å². The van der Waals surface area contributed by atoms with Gasteiger partial charge in [0.2, 0.25) is 5.91 Å². The normalized spacial score (nSPS) is 16.2. The molecule has 1 fully saturated rings. The topological polar surface area (TPSA) is 46.3 Å². The summed E-state index contributed by atoms with van der Waals surface area (Å²) in [5.41, 5.74) is 9.71. The molecular weight excluding hydrogens is 248 g/mol.